The molecule has 0 aliphatic carbocycles. The van der Waals surface area contributed by atoms with Crippen LogP contribution in [-0.4, -0.2) is 15.5 Å². The van der Waals surface area contributed by atoms with Crippen molar-refractivity contribution in [3.05, 3.63) is 60.2 Å². The van der Waals surface area contributed by atoms with Crippen molar-refractivity contribution >= 4 is 22.6 Å². The number of halogens is 1. The number of fused-ring (bicyclic) bond motifs is 1. The summed E-state index contributed by atoms with van der Waals surface area (Å²) in [6.07, 6.45) is 2.03. The molecule has 0 aliphatic heterocycles. The molecule has 5 heteroatoms. The zero-order valence-electron chi connectivity index (χ0n) is 12.2. The van der Waals surface area contributed by atoms with Gasteiger partial charge in [0.2, 0.25) is 5.91 Å². The van der Waals surface area contributed by atoms with Crippen LogP contribution in [-0.2, 0) is 11.3 Å². The van der Waals surface area contributed by atoms with Crippen LogP contribution in [0.15, 0.2) is 48.8 Å². The van der Waals surface area contributed by atoms with Crippen molar-refractivity contribution in [2.75, 3.05) is 5.32 Å². The monoisotopic (exact) mass is 297 g/mol. The lowest BCUT2D eigenvalue weighted by Crippen LogP contribution is -2.15. The van der Waals surface area contributed by atoms with E-state index in [4.69, 9.17) is 0 Å². The quantitative estimate of drug-likeness (QED) is 0.801. The summed E-state index contributed by atoms with van der Waals surface area (Å²) >= 11 is 0. The van der Waals surface area contributed by atoms with E-state index >= 15 is 0 Å². The van der Waals surface area contributed by atoms with E-state index in [1.54, 1.807) is 12.4 Å². The van der Waals surface area contributed by atoms with Crippen LogP contribution in [0.3, 0.4) is 0 Å². The van der Waals surface area contributed by atoms with Crippen LogP contribution in [0.5, 0.6) is 0 Å². The van der Waals surface area contributed by atoms with Gasteiger partial charge in [0.1, 0.15) is 5.82 Å². The number of nitrogens with one attached hydrogen (secondary N) is 1. The Balaban J connectivity index is 1.66. The molecule has 2 aromatic carbocycles. The van der Waals surface area contributed by atoms with Crippen LogP contribution >= 0.6 is 0 Å². The van der Waals surface area contributed by atoms with Crippen LogP contribution in [0.25, 0.3) is 11.0 Å². The van der Waals surface area contributed by atoms with Gasteiger partial charge in [-0.25, -0.2) is 9.37 Å². The number of carbonyl (C=O) groups excluding carboxylic acids is 1. The number of amides is 1. The molecular weight excluding hydrogens is 281 g/mol. The third kappa shape index (κ3) is 2.98. The van der Waals surface area contributed by atoms with Crippen molar-refractivity contribution in [1.29, 1.82) is 0 Å². The number of imidazole rings is 1. The summed E-state index contributed by atoms with van der Waals surface area (Å²) in [4.78, 5) is 16.3. The number of nitrogens with zero attached hydrogens (tertiary/aromatic N) is 2. The minimum absolute atomic E-state index is 0.147. The van der Waals surface area contributed by atoms with Crippen molar-refractivity contribution in [3.63, 3.8) is 0 Å². The predicted octanol–water partition coefficient (Wildman–Crippen LogP) is 3.51. The van der Waals surface area contributed by atoms with Crippen LogP contribution in [0.1, 0.15) is 12.0 Å². The maximum absolute atomic E-state index is 13.2. The van der Waals surface area contributed by atoms with Gasteiger partial charge in [0.05, 0.1) is 17.4 Å². The van der Waals surface area contributed by atoms with Gasteiger partial charge in [0, 0.05) is 18.7 Å². The van der Waals surface area contributed by atoms with E-state index in [0.29, 0.717) is 18.7 Å². The summed E-state index contributed by atoms with van der Waals surface area (Å²) in [5.74, 6) is -0.506. The van der Waals surface area contributed by atoms with E-state index in [-0.39, 0.29) is 11.7 Å². The Kier molecular flexibility index (Phi) is 3.87. The molecule has 0 bridgehead atoms. The van der Waals surface area contributed by atoms with E-state index in [1.165, 1.54) is 12.1 Å². The number of benzene rings is 2. The molecule has 22 heavy (non-hydrogen) atoms. The number of anilines is 1. The van der Waals surface area contributed by atoms with Crippen molar-refractivity contribution < 1.29 is 9.18 Å². The average Bonchev–Trinajstić information content (AvgIpc) is 2.92. The summed E-state index contributed by atoms with van der Waals surface area (Å²) in [6.45, 7) is 2.36. The molecule has 0 saturated carbocycles. The number of hydrogen-bond donors (Lipinski definition) is 1. The van der Waals surface area contributed by atoms with Gasteiger partial charge in [-0.15, -0.1) is 0 Å². The Morgan fingerprint density at radius 1 is 1.27 bits per heavy atom. The molecular formula is C17H16FN3O. The van der Waals surface area contributed by atoms with E-state index in [0.717, 1.165) is 16.6 Å². The predicted molar refractivity (Wildman–Crippen MR) is 84.1 cm³/mol. The fourth-order valence-corrected chi connectivity index (χ4v) is 2.35. The van der Waals surface area contributed by atoms with E-state index in [1.807, 2.05) is 35.8 Å². The van der Waals surface area contributed by atoms with E-state index in [9.17, 15) is 9.18 Å². The van der Waals surface area contributed by atoms with Crippen molar-refractivity contribution in [2.24, 2.45) is 0 Å². The van der Waals surface area contributed by atoms with E-state index in [2.05, 4.69) is 10.3 Å². The largest absolute Gasteiger partial charge is 0.330 e. The van der Waals surface area contributed by atoms with Crippen LogP contribution in [0.2, 0.25) is 0 Å². The molecule has 1 N–H and O–H groups in total. The number of aromatic nitrogens is 2. The fourth-order valence-electron chi connectivity index (χ4n) is 2.35. The molecule has 1 amide bonds. The van der Waals surface area contributed by atoms with Crippen LogP contribution in [0, 0.1) is 12.7 Å². The van der Waals surface area contributed by atoms with Gasteiger partial charge in [0.15, 0.2) is 0 Å². The Labute approximate surface area is 127 Å². The molecule has 1 heterocycles. The molecule has 3 rings (SSSR count). The number of carbonyl (C=O) groups is 1. The first kappa shape index (κ1) is 14.3. The summed E-state index contributed by atoms with van der Waals surface area (Å²) in [7, 11) is 0. The summed E-state index contributed by atoms with van der Waals surface area (Å²) in [6, 6.07) is 12.1. The summed E-state index contributed by atoms with van der Waals surface area (Å²) in [5, 5.41) is 2.75. The molecule has 3 aromatic rings. The first-order valence-corrected chi connectivity index (χ1v) is 7.09. The second-order valence-corrected chi connectivity index (χ2v) is 5.18. The molecule has 4 nitrogen and oxygen atoms in total. The zero-order valence-corrected chi connectivity index (χ0v) is 12.2. The SMILES string of the molecule is Cc1ccc(F)cc1NC(=O)CCn1cnc2ccccc21. The highest BCUT2D eigenvalue weighted by molar-refractivity contribution is 5.91. The lowest BCUT2D eigenvalue weighted by molar-refractivity contribution is -0.116. The first-order chi connectivity index (χ1) is 10.6. The van der Waals surface area contributed by atoms with Crippen LogP contribution in [0.4, 0.5) is 10.1 Å². The highest BCUT2D eigenvalue weighted by Crippen LogP contribution is 2.17. The Morgan fingerprint density at radius 3 is 2.95 bits per heavy atom. The minimum atomic E-state index is -0.360. The third-order valence-electron chi connectivity index (χ3n) is 3.58. The molecule has 112 valence electrons. The minimum Gasteiger partial charge on any atom is -0.330 e. The first-order valence-electron chi connectivity index (χ1n) is 7.09. The van der Waals surface area contributed by atoms with Gasteiger partial charge in [-0.1, -0.05) is 18.2 Å². The molecule has 0 spiro atoms. The number of para-hydroxylation sites is 2. The van der Waals surface area contributed by atoms with Gasteiger partial charge in [-0.05, 0) is 36.8 Å². The molecule has 0 unspecified atom stereocenters. The maximum atomic E-state index is 13.2. The van der Waals surface area contributed by atoms with Gasteiger partial charge < -0.3 is 9.88 Å². The van der Waals surface area contributed by atoms with Crippen molar-refractivity contribution in [1.82, 2.24) is 9.55 Å². The molecule has 0 saturated heterocycles. The summed E-state index contributed by atoms with van der Waals surface area (Å²) < 4.78 is 15.2. The Bertz CT molecular complexity index is 826. The van der Waals surface area contributed by atoms with Crippen molar-refractivity contribution in [3.8, 4) is 0 Å². The standard InChI is InChI=1S/C17H16FN3O/c1-12-6-7-13(18)10-15(12)20-17(22)8-9-21-11-19-14-4-2-3-5-16(14)21/h2-7,10-11H,8-9H2,1H3,(H,20,22). The van der Waals surface area contributed by atoms with Gasteiger partial charge in [0.25, 0.3) is 0 Å². The van der Waals surface area contributed by atoms with Crippen molar-refractivity contribution in [2.45, 2.75) is 19.9 Å². The lowest BCUT2D eigenvalue weighted by atomic mass is 10.2. The second kappa shape index (κ2) is 5.97. The third-order valence-corrected chi connectivity index (χ3v) is 3.58. The fraction of sp³-hybridized carbons (Fsp3) is 0.176. The Hall–Kier alpha value is -2.69. The number of aryl methyl sites for hydroxylation is 2. The molecule has 0 atom stereocenters. The summed E-state index contributed by atoms with van der Waals surface area (Å²) in [5.41, 5.74) is 3.25. The highest BCUT2D eigenvalue weighted by atomic mass is 19.1. The molecule has 0 radical (unpaired) electrons. The van der Waals surface area contributed by atoms with E-state index < -0.39 is 0 Å². The maximum Gasteiger partial charge on any atom is 0.226 e. The van der Waals surface area contributed by atoms with Gasteiger partial charge in [-0.3, -0.25) is 4.79 Å². The lowest BCUT2D eigenvalue weighted by Gasteiger charge is -2.09. The molecule has 1 aromatic heterocycles. The zero-order chi connectivity index (χ0) is 15.5. The smallest absolute Gasteiger partial charge is 0.226 e. The highest BCUT2D eigenvalue weighted by Gasteiger charge is 2.08. The average molecular weight is 297 g/mol. The number of hydrogen-bond acceptors (Lipinski definition) is 2. The Morgan fingerprint density at radius 2 is 2.09 bits per heavy atom. The van der Waals surface area contributed by atoms with Crippen LogP contribution < -0.4 is 5.32 Å². The second-order valence-electron chi connectivity index (χ2n) is 5.18. The topological polar surface area (TPSA) is 46.9 Å². The molecule has 0 aliphatic rings. The number of rotatable bonds is 4. The molecule has 0 fully saturated rings. The normalized spacial score (nSPS) is 10.8. The van der Waals surface area contributed by atoms with Gasteiger partial charge >= 0.3 is 0 Å². The van der Waals surface area contributed by atoms with Gasteiger partial charge in [-0.2, -0.15) is 0 Å².